The Balaban J connectivity index is 2.21. The summed E-state index contributed by atoms with van der Waals surface area (Å²) in [7, 11) is 1.85. The predicted molar refractivity (Wildman–Crippen MR) is 90.8 cm³/mol. The van der Waals surface area contributed by atoms with Gasteiger partial charge in [0.25, 0.3) is 0 Å². The molecule has 6 heteroatoms. The molecule has 2 heterocycles. The summed E-state index contributed by atoms with van der Waals surface area (Å²) in [4.78, 5) is 17.4. The van der Waals surface area contributed by atoms with Crippen molar-refractivity contribution in [1.82, 2.24) is 19.9 Å². The van der Waals surface area contributed by atoms with Crippen LogP contribution in [0.15, 0.2) is 48.9 Å². The lowest BCUT2D eigenvalue weighted by atomic mass is 10.1. The number of hydrogen-bond donors (Lipinski definition) is 1. The maximum atomic E-state index is 4.67. The average Bonchev–Trinajstić information content (AvgIpc) is 2.56. The van der Waals surface area contributed by atoms with Crippen LogP contribution in [0.1, 0.15) is 0 Å². The van der Waals surface area contributed by atoms with E-state index in [4.69, 9.17) is 0 Å². The van der Waals surface area contributed by atoms with Crippen molar-refractivity contribution >= 4 is 28.4 Å². The molecule has 1 aromatic carbocycles. The van der Waals surface area contributed by atoms with E-state index < -0.39 is 0 Å². The van der Waals surface area contributed by atoms with Crippen LogP contribution in [0.5, 0.6) is 0 Å². The Bertz CT molecular complexity index is 747. The van der Waals surface area contributed by atoms with Gasteiger partial charge in [-0.15, -0.1) is 0 Å². The number of aromatic nitrogens is 4. The molecule has 0 spiro atoms. The van der Waals surface area contributed by atoms with Crippen molar-refractivity contribution < 1.29 is 0 Å². The number of hydrogen-bond acceptors (Lipinski definition) is 5. The summed E-state index contributed by atoms with van der Waals surface area (Å²) in [5, 5.41) is 3.11. The first kappa shape index (κ1) is 13.9. The molecule has 2 aromatic heterocycles. The highest BCUT2D eigenvalue weighted by atomic mass is 127. The quantitative estimate of drug-likeness (QED) is 0.697. The van der Waals surface area contributed by atoms with Gasteiger partial charge in [-0.3, -0.25) is 0 Å². The third-order valence-corrected chi connectivity index (χ3v) is 3.97. The summed E-state index contributed by atoms with van der Waals surface area (Å²) < 4.78 is 0.985. The number of benzene rings is 1. The first-order valence-corrected chi connectivity index (χ1v) is 7.44. The third kappa shape index (κ3) is 2.85. The van der Waals surface area contributed by atoms with Gasteiger partial charge >= 0.3 is 0 Å². The number of nitrogens with zero attached hydrogens (tertiary/aromatic N) is 4. The van der Waals surface area contributed by atoms with Crippen LogP contribution in [0, 0.1) is 3.57 Å². The van der Waals surface area contributed by atoms with Crippen molar-refractivity contribution in [1.29, 1.82) is 0 Å². The van der Waals surface area contributed by atoms with Crippen molar-refractivity contribution in [3.05, 3.63) is 52.5 Å². The summed E-state index contributed by atoms with van der Waals surface area (Å²) in [5.74, 6) is 1.37. The van der Waals surface area contributed by atoms with Gasteiger partial charge in [0.2, 0.25) is 0 Å². The van der Waals surface area contributed by atoms with Crippen LogP contribution in [0.25, 0.3) is 22.8 Å². The fourth-order valence-corrected chi connectivity index (χ4v) is 2.76. The van der Waals surface area contributed by atoms with Crippen molar-refractivity contribution in [3.63, 3.8) is 0 Å². The fraction of sp³-hybridized carbons (Fsp3) is 0.0667. The Morgan fingerprint density at radius 1 is 1.05 bits per heavy atom. The first-order valence-electron chi connectivity index (χ1n) is 6.36. The number of nitrogens with one attached hydrogen (secondary N) is 1. The second kappa shape index (κ2) is 6.13. The topological polar surface area (TPSA) is 63.6 Å². The van der Waals surface area contributed by atoms with Gasteiger partial charge in [-0.1, -0.05) is 30.3 Å². The van der Waals surface area contributed by atoms with Crippen LogP contribution >= 0.6 is 22.6 Å². The molecule has 1 N–H and O–H groups in total. The SMILES string of the molecule is CNc1nc(-c2ccncn2)nc(-c2ccccc2)c1I. The lowest BCUT2D eigenvalue weighted by Crippen LogP contribution is -2.03. The Hall–Kier alpha value is -2.09. The number of halogens is 1. The summed E-state index contributed by atoms with van der Waals surface area (Å²) in [5.41, 5.74) is 2.65. The molecule has 0 fully saturated rings. The second-order valence-corrected chi connectivity index (χ2v) is 5.35. The summed E-state index contributed by atoms with van der Waals surface area (Å²) in [6.45, 7) is 0. The fourth-order valence-electron chi connectivity index (χ4n) is 1.94. The molecule has 3 aromatic rings. The van der Waals surface area contributed by atoms with E-state index in [9.17, 15) is 0 Å². The molecule has 0 aliphatic heterocycles. The largest absolute Gasteiger partial charge is 0.372 e. The molecule has 5 nitrogen and oxygen atoms in total. The zero-order valence-electron chi connectivity index (χ0n) is 11.3. The maximum Gasteiger partial charge on any atom is 0.180 e. The van der Waals surface area contributed by atoms with E-state index in [0.717, 1.165) is 20.6 Å². The lowest BCUT2D eigenvalue weighted by molar-refractivity contribution is 1.10. The standard InChI is InChI=1S/C15H12IN5/c1-17-15-12(16)13(10-5-3-2-4-6-10)20-14(21-15)11-7-8-18-9-19-11/h2-9H,1H3,(H,17,20,21). The minimum absolute atomic E-state index is 0.584. The molecule has 0 saturated carbocycles. The third-order valence-electron chi connectivity index (χ3n) is 2.95. The Labute approximate surface area is 136 Å². The van der Waals surface area contributed by atoms with Crippen LogP contribution < -0.4 is 5.32 Å². The summed E-state index contributed by atoms with van der Waals surface area (Å²) >= 11 is 2.26. The zero-order valence-corrected chi connectivity index (χ0v) is 13.4. The van der Waals surface area contributed by atoms with Crippen LogP contribution in [-0.2, 0) is 0 Å². The molecule has 21 heavy (non-hydrogen) atoms. The van der Waals surface area contributed by atoms with Crippen LogP contribution in [0.4, 0.5) is 5.82 Å². The van der Waals surface area contributed by atoms with Crippen molar-refractivity contribution in [2.45, 2.75) is 0 Å². The van der Waals surface area contributed by atoms with Crippen LogP contribution in [-0.4, -0.2) is 27.0 Å². The number of rotatable bonds is 3. The summed E-state index contributed by atoms with van der Waals surface area (Å²) in [6.07, 6.45) is 3.18. The molecule has 0 unspecified atom stereocenters. The molecule has 0 amide bonds. The van der Waals surface area contributed by atoms with E-state index in [1.807, 2.05) is 37.4 Å². The molecule has 0 bridgehead atoms. The molecule has 0 atom stereocenters. The average molecular weight is 389 g/mol. The zero-order chi connectivity index (χ0) is 14.7. The first-order chi connectivity index (χ1) is 10.3. The molecule has 0 saturated heterocycles. The Morgan fingerprint density at radius 3 is 2.52 bits per heavy atom. The normalized spacial score (nSPS) is 10.4. The van der Waals surface area contributed by atoms with Crippen molar-refractivity contribution in [3.8, 4) is 22.8 Å². The minimum Gasteiger partial charge on any atom is -0.372 e. The monoisotopic (exact) mass is 389 g/mol. The van der Waals surface area contributed by atoms with Crippen LogP contribution in [0.3, 0.4) is 0 Å². The Kier molecular flexibility index (Phi) is 4.05. The van der Waals surface area contributed by atoms with E-state index >= 15 is 0 Å². The van der Waals surface area contributed by atoms with Gasteiger partial charge in [-0.25, -0.2) is 19.9 Å². The van der Waals surface area contributed by atoms with Gasteiger partial charge in [0, 0.05) is 18.8 Å². The second-order valence-electron chi connectivity index (χ2n) is 4.27. The maximum absolute atomic E-state index is 4.67. The molecular formula is C15H12IN5. The van der Waals surface area contributed by atoms with Crippen LogP contribution in [0.2, 0.25) is 0 Å². The summed E-state index contributed by atoms with van der Waals surface area (Å²) in [6, 6.07) is 11.9. The van der Waals surface area contributed by atoms with Gasteiger partial charge in [0.1, 0.15) is 17.8 Å². The van der Waals surface area contributed by atoms with E-state index in [-0.39, 0.29) is 0 Å². The van der Waals surface area contributed by atoms with Crippen molar-refractivity contribution in [2.75, 3.05) is 12.4 Å². The predicted octanol–water partition coefficient (Wildman–Crippen LogP) is 3.25. The minimum atomic E-state index is 0.584. The lowest BCUT2D eigenvalue weighted by Gasteiger charge is -2.11. The number of anilines is 1. The highest BCUT2D eigenvalue weighted by molar-refractivity contribution is 14.1. The van der Waals surface area contributed by atoms with Gasteiger partial charge < -0.3 is 5.32 Å². The van der Waals surface area contributed by atoms with Gasteiger partial charge in [-0.2, -0.15) is 0 Å². The molecule has 0 radical (unpaired) electrons. The molecule has 104 valence electrons. The molecule has 3 rings (SSSR count). The van der Waals surface area contributed by atoms with Crippen molar-refractivity contribution in [2.24, 2.45) is 0 Å². The smallest absolute Gasteiger partial charge is 0.180 e. The molecule has 0 aliphatic rings. The van der Waals surface area contributed by atoms with Gasteiger partial charge in [0.05, 0.1) is 9.26 Å². The van der Waals surface area contributed by atoms with Gasteiger partial charge in [-0.05, 0) is 28.7 Å². The van der Waals surface area contributed by atoms with Gasteiger partial charge in [0.15, 0.2) is 5.82 Å². The van der Waals surface area contributed by atoms with E-state index in [1.165, 1.54) is 6.33 Å². The van der Waals surface area contributed by atoms with E-state index in [2.05, 4.69) is 47.8 Å². The van der Waals surface area contributed by atoms with E-state index in [1.54, 1.807) is 12.3 Å². The highest BCUT2D eigenvalue weighted by Crippen LogP contribution is 2.29. The molecule has 0 aliphatic carbocycles. The highest BCUT2D eigenvalue weighted by Gasteiger charge is 2.14. The molecular weight excluding hydrogens is 377 g/mol. The van der Waals surface area contributed by atoms with E-state index in [0.29, 0.717) is 11.5 Å². The Morgan fingerprint density at radius 2 is 1.86 bits per heavy atom.